The maximum Gasteiger partial charge on any atom is 0.310 e. The van der Waals surface area contributed by atoms with Crippen LogP contribution in [0, 0.1) is 12.8 Å². The average Bonchev–Trinajstić information content (AvgIpc) is 3.07. The molecule has 1 amide bonds. The monoisotopic (exact) mass is 314 g/mol. The molecule has 5 nitrogen and oxygen atoms in total. The van der Waals surface area contributed by atoms with E-state index in [2.05, 4.69) is 4.98 Å². The number of esters is 1. The molecule has 1 saturated heterocycles. The number of hydrogen-bond acceptors (Lipinski definition) is 6. The first-order valence-electron chi connectivity index (χ1n) is 6.44. The fourth-order valence-electron chi connectivity index (χ4n) is 2.15. The van der Waals surface area contributed by atoms with E-state index >= 15 is 0 Å². The summed E-state index contributed by atoms with van der Waals surface area (Å²) in [5, 5.41) is 3.07. The number of rotatable bonds is 5. The quantitative estimate of drug-likeness (QED) is 0.774. The molecule has 0 saturated carbocycles. The van der Waals surface area contributed by atoms with Crippen molar-refractivity contribution in [3.8, 4) is 0 Å². The second kappa shape index (κ2) is 7.08. The van der Waals surface area contributed by atoms with Crippen LogP contribution in [0.2, 0.25) is 0 Å². The summed E-state index contributed by atoms with van der Waals surface area (Å²) in [5.74, 6) is 0.906. The molecule has 1 aliphatic heterocycles. The Labute approximate surface area is 126 Å². The molecule has 0 bridgehead atoms. The number of thioether (sulfide) groups is 1. The maximum atomic E-state index is 12.0. The van der Waals surface area contributed by atoms with Gasteiger partial charge in [0.1, 0.15) is 0 Å². The van der Waals surface area contributed by atoms with E-state index in [-0.39, 0.29) is 17.8 Å². The number of carbonyl (C=O) groups is 2. The van der Waals surface area contributed by atoms with E-state index < -0.39 is 0 Å². The first kappa shape index (κ1) is 15.3. The number of aryl methyl sites for hydroxylation is 1. The molecule has 1 aliphatic rings. The molecule has 0 spiro atoms. The first-order chi connectivity index (χ1) is 9.60. The molecule has 1 atom stereocenters. The molecule has 1 unspecified atom stereocenters. The zero-order valence-electron chi connectivity index (χ0n) is 11.6. The van der Waals surface area contributed by atoms with E-state index in [1.807, 2.05) is 12.3 Å². The van der Waals surface area contributed by atoms with Gasteiger partial charge in [-0.3, -0.25) is 9.59 Å². The summed E-state index contributed by atoms with van der Waals surface area (Å²) >= 11 is 3.19. The standard InChI is InChI=1S/C13H18N2O3S2/c1-9-14-11(7-20-9)6-19-8-12(16)15-4-3-10(5-15)13(17)18-2/h7,10H,3-6,8H2,1-2H3. The van der Waals surface area contributed by atoms with Crippen LogP contribution in [0.3, 0.4) is 0 Å². The Kier molecular flexibility index (Phi) is 5.42. The van der Waals surface area contributed by atoms with Crippen LogP contribution in [0.1, 0.15) is 17.1 Å². The minimum absolute atomic E-state index is 0.0911. The van der Waals surface area contributed by atoms with E-state index in [1.165, 1.54) is 7.11 Å². The van der Waals surface area contributed by atoms with Gasteiger partial charge in [0.2, 0.25) is 5.91 Å². The summed E-state index contributed by atoms with van der Waals surface area (Å²) < 4.78 is 4.71. The van der Waals surface area contributed by atoms with Crippen molar-refractivity contribution in [1.29, 1.82) is 0 Å². The lowest BCUT2D eigenvalue weighted by molar-refractivity contribution is -0.145. The van der Waals surface area contributed by atoms with Crippen LogP contribution in [-0.4, -0.2) is 47.7 Å². The smallest absolute Gasteiger partial charge is 0.310 e. The number of methoxy groups -OCH3 is 1. The maximum absolute atomic E-state index is 12.0. The van der Waals surface area contributed by atoms with Gasteiger partial charge >= 0.3 is 5.97 Å². The molecule has 1 fully saturated rings. The van der Waals surface area contributed by atoms with Gasteiger partial charge in [-0.1, -0.05) is 0 Å². The zero-order chi connectivity index (χ0) is 14.5. The molecule has 7 heteroatoms. The molecular weight excluding hydrogens is 296 g/mol. The van der Waals surface area contributed by atoms with Crippen LogP contribution in [0.15, 0.2) is 5.38 Å². The number of amides is 1. The third-order valence-corrected chi connectivity index (χ3v) is 4.99. The lowest BCUT2D eigenvalue weighted by Gasteiger charge is -2.15. The second-order valence-corrected chi connectivity index (χ2v) is 6.75. The van der Waals surface area contributed by atoms with E-state index in [0.29, 0.717) is 25.3 Å². The number of thiazole rings is 1. The summed E-state index contributed by atoms with van der Waals surface area (Å²) in [6, 6.07) is 0. The normalized spacial score (nSPS) is 18.3. The summed E-state index contributed by atoms with van der Waals surface area (Å²) in [4.78, 5) is 29.6. The van der Waals surface area contributed by atoms with Crippen LogP contribution < -0.4 is 0 Å². The third-order valence-electron chi connectivity index (χ3n) is 3.22. The first-order valence-corrected chi connectivity index (χ1v) is 8.48. The fraction of sp³-hybridized carbons (Fsp3) is 0.615. The number of hydrogen-bond donors (Lipinski definition) is 0. The van der Waals surface area contributed by atoms with E-state index in [9.17, 15) is 9.59 Å². The van der Waals surface area contributed by atoms with Gasteiger partial charge in [-0.05, 0) is 13.3 Å². The Hall–Kier alpha value is -1.08. The minimum Gasteiger partial charge on any atom is -0.469 e. The minimum atomic E-state index is -0.217. The molecule has 2 rings (SSSR count). The zero-order valence-corrected chi connectivity index (χ0v) is 13.3. The van der Waals surface area contributed by atoms with Crippen molar-refractivity contribution >= 4 is 35.0 Å². The van der Waals surface area contributed by atoms with Crippen molar-refractivity contribution in [3.63, 3.8) is 0 Å². The van der Waals surface area contributed by atoms with Crippen LogP contribution in [-0.2, 0) is 20.1 Å². The van der Waals surface area contributed by atoms with Gasteiger partial charge in [0.15, 0.2) is 0 Å². The van der Waals surface area contributed by atoms with Gasteiger partial charge in [0.05, 0.1) is 29.5 Å². The van der Waals surface area contributed by atoms with Gasteiger partial charge in [0.25, 0.3) is 0 Å². The Morgan fingerprint density at radius 1 is 1.60 bits per heavy atom. The predicted molar refractivity (Wildman–Crippen MR) is 79.7 cm³/mol. The molecule has 1 aromatic rings. The molecule has 20 heavy (non-hydrogen) atoms. The molecule has 0 aromatic carbocycles. The SMILES string of the molecule is COC(=O)C1CCN(C(=O)CSCc2csc(C)n2)C1. The van der Waals surface area contributed by atoms with Crippen LogP contribution in [0.5, 0.6) is 0 Å². The van der Waals surface area contributed by atoms with Crippen molar-refractivity contribution in [1.82, 2.24) is 9.88 Å². The summed E-state index contributed by atoms with van der Waals surface area (Å²) in [6.07, 6.45) is 0.703. The lowest BCUT2D eigenvalue weighted by atomic mass is 10.1. The van der Waals surface area contributed by atoms with Crippen LogP contribution in [0.25, 0.3) is 0 Å². The highest BCUT2D eigenvalue weighted by molar-refractivity contribution is 7.99. The Bertz CT molecular complexity index is 490. The molecule has 2 heterocycles. The number of carbonyl (C=O) groups excluding carboxylic acids is 2. The number of ether oxygens (including phenoxy) is 1. The fourth-order valence-corrected chi connectivity index (χ4v) is 3.69. The van der Waals surface area contributed by atoms with Crippen LogP contribution >= 0.6 is 23.1 Å². The topological polar surface area (TPSA) is 59.5 Å². The summed E-state index contributed by atoms with van der Waals surface area (Å²) in [5.41, 5.74) is 1.03. The average molecular weight is 314 g/mol. The van der Waals surface area contributed by atoms with E-state index in [0.717, 1.165) is 16.5 Å². The number of likely N-dealkylation sites (tertiary alicyclic amines) is 1. The summed E-state index contributed by atoms with van der Waals surface area (Å²) in [6.45, 7) is 3.11. The van der Waals surface area contributed by atoms with Crippen molar-refractivity contribution in [2.45, 2.75) is 19.1 Å². The van der Waals surface area contributed by atoms with Crippen molar-refractivity contribution < 1.29 is 14.3 Å². The summed E-state index contributed by atoms with van der Waals surface area (Å²) in [7, 11) is 1.39. The molecule has 110 valence electrons. The number of aromatic nitrogens is 1. The van der Waals surface area contributed by atoms with Gasteiger partial charge in [-0.25, -0.2) is 4.98 Å². The lowest BCUT2D eigenvalue weighted by Crippen LogP contribution is -2.31. The van der Waals surface area contributed by atoms with Crippen molar-refractivity contribution in [2.75, 3.05) is 26.0 Å². The predicted octanol–water partition coefficient (Wildman–Crippen LogP) is 1.71. The van der Waals surface area contributed by atoms with Gasteiger partial charge in [0, 0.05) is 24.2 Å². The van der Waals surface area contributed by atoms with Gasteiger partial charge < -0.3 is 9.64 Å². The highest BCUT2D eigenvalue weighted by Gasteiger charge is 2.31. The molecule has 0 aliphatic carbocycles. The Balaban J connectivity index is 1.72. The highest BCUT2D eigenvalue weighted by atomic mass is 32.2. The van der Waals surface area contributed by atoms with E-state index in [1.54, 1.807) is 28.0 Å². The van der Waals surface area contributed by atoms with Gasteiger partial charge in [-0.15, -0.1) is 23.1 Å². The Morgan fingerprint density at radius 3 is 3.05 bits per heavy atom. The third kappa shape index (κ3) is 3.96. The number of nitrogens with zero attached hydrogens (tertiary/aromatic N) is 2. The second-order valence-electron chi connectivity index (χ2n) is 4.70. The van der Waals surface area contributed by atoms with Crippen molar-refractivity contribution in [2.24, 2.45) is 5.92 Å². The molecule has 0 radical (unpaired) electrons. The Morgan fingerprint density at radius 2 is 2.40 bits per heavy atom. The largest absolute Gasteiger partial charge is 0.469 e. The highest BCUT2D eigenvalue weighted by Crippen LogP contribution is 2.20. The molecular formula is C13H18N2O3S2. The van der Waals surface area contributed by atoms with Gasteiger partial charge in [-0.2, -0.15) is 0 Å². The molecule has 1 aromatic heterocycles. The van der Waals surface area contributed by atoms with E-state index in [4.69, 9.17) is 4.74 Å². The van der Waals surface area contributed by atoms with Crippen molar-refractivity contribution in [3.05, 3.63) is 16.1 Å². The molecule has 0 N–H and O–H groups in total. The van der Waals surface area contributed by atoms with Crippen LogP contribution in [0.4, 0.5) is 0 Å².